The number of fused-ring (bicyclic) bond motifs is 1. The zero-order valence-electron chi connectivity index (χ0n) is 9.15. The molecule has 0 aliphatic carbocycles. The first-order valence-corrected chi connectivity index (χ1v) is 6.44. The van der Waals surface area contributed by atoms with Crippen LogP contribution in [-0.2, 0) is 0 Å². The van der Waals surface area contributed by atoms with Gasteiger partial charge in [-0.25, -0.2) is 9.37 Å². The van der Waals surface area contributed by atoms with E-state index >= 15 is 0 Å². The zero-order valence-corrected chi connectivity index (χ0v) is 10.7. The van der Waals surface area contributed by atoms with Crippen molar-refractivity contribution in [1.29, 1.82) is 0 Å². The van der Waals surface area contributed by atoms with Gasteiger partial charge in [-0.05, 0) is 30.3 Å². The molecular formula is C13H8ClFN2S. The highest BCUT2D eigenvalue weighted by Gasteiger charge is 2.08. The van der Waals surface area contributed by atoms with Crippen molar-refractivity contribution in [3.63, 3.8) is 0 Å². The van der Waals surface area contributed by atoms with Crippen LogP contribution < -0.4 is 5.73 Å². The third-order valence-corrected chi connectivity index (χ3v) is 3.82. The molecule has 0 radical (unpaired) electrons. The fraction of sp³-hybridized carbons (Fsp3) is 0. The van der Waals surface area contributed by atoms with Gasteiger partial charge in [0.1, 0.15) is 10.8 Å². The average molecular weight is 279 g/mol. The van der Waals surface area contributed by atoms with Gasteiger partial charge in [0.25, 0.3) is 0 Å². The molecule has 0 atom stereocenters. The number of halogens is 2. The molecule has 3 aromatic rings. The molecule has 0 aliphatic rings. The van der Waals surface area contributed by atoms with Gasteiger partial charge in [-0.3, -0.25) is 0 Å². The summed E-state index contributed by atoms with van der Waals surface area (Å²) in [5, 5.41) is 1.35. The van der Waals surface area contributed by atoms with Crippen LogP contribution in [-0.4, -0.2) is 4.98 Å². The maximum atomic E-state index is 13.1. The molecule has 0 aliphatic heterocycles. The molecule has 2 nitrogen and oxygen atoms in total. The molecule has 0 amide bonds. The molecule has 0 saturated heterocycles. The van der Waals surface area contributed by atoms with Crippen LogP contribution in [0.3, 0.4) is 0 Å². The Balaban J connectivity index is 2.19. The Morgan fingerprint density at radius 3 is 2.78 bits per heavy atom. The van der Waals surface area contributed by atoms with E-state index in [-0.39, 0.29) is 5.82 Å². The minimum Gasteiger partial charge on any atom is -0.399 e. The Kier molecular flexibility index (Phi) is 2.69. The quantitative estimate of drug-likeness (QED) is 0.673. The molecule has 0 bridgehead atoms. The Morgan fingerprint density at radius 2 is 2.00 bits per heavy atom. The molecule has 0 saturated carbocycles. The van der Waals surface area contributed by atoms with Gasteiger partial charge in [0.15, 0.2) is 0 Å². The van der Waals surface area contributed by atoms with Crippen molar-refractivity contribution in [2.75, 3.05) is 5.73 Å². The van der Waals surface area contributed by atoms with E-state index in [0.29, 0.717) is 16.2 Å². The van der Waals surface area contributed by atoms with Crippen LogP contribution in [0, 0.1) is 5.82 Å². The number of rotatable bonds is 1. The average Bonchev–Trinajstić information content (AvgIpc) is 2.70. The number of nitrogens with zero attached hydrogens (tertiary/aromatic N) is 1. The summed E-state index contributed by atoms with van der Waals surface area (Å²) in [6.07, 6.45) is 0. The summed E-state index contributed by atoms with van der Waals surface area (Å²) < 4.78 is 14.0. The van der Waals surface area contributed by atoms with Crippen molar-refractivity contribution in [3.05, 3.63) is 47.2 Å². The number of thiazole rings is 1. The Hall–Kier alpha value is -1.65. The Labute approximate surface area is 112 Å². The summed E-state index contributed by atoms with van der Waals surface area (Å²) in [7, 11) is 0. The van der Waals surface area contributed by atoms with Crippen molar-refractivity contribution >= 4 is 38.8 Å². The number of benzene rings is 2. The lowest BCUT2D eigenvalue weighted by molar-refractivity contribution is 0.629. The van der Waals surface area contributed by atoms with Crippen molar-refractivity contribution in [1.82, 2.24) is 4.98 Å². The monoisotopic (exact) mass is 278 g/mol. The summed E-state index contributed by atoms with van der Waals surface area (Å²) >= 11 is 7.45. The second-order valence-electron chi connectivity index (χ2n) is 3.90. The van der Waals surface area contributed by atoms with Crippen LogP contribution in [0.15, 0.2) is 36.4 Å². The summed E-state index contributed by atoms with van der Waals surface area (Å²) in [4.78, 5) is 4.39. The van der Waals surface area contributed by atoms with Crippen LogP contribution in [0.25, 0.3) is 20.8 Å². The molecule has 0 fully saturated rings. The largest absolute Gasteiger partial charge is 0.399 e. The Morgan fingerprint density at radius 1 is 1.17 bits per heavy atom. The Bertz CT molecular complexity index is 719. The van der Waals surface area contributed by atoms with E-state index in [1.54, 1.807) is 24.3 Å². The first-order chi connectivity index (χ1) is 8.61. The fourth-order valence-corrected chi connectivity index (χ4v) is 2.94. The standard InChI is InChI=1S/C13H8ClFN2S/c14-8-3-7(4-10(16)5-8)13-17-11-6-9(15)1-2-12(11)18-13/h1-6H,16H2. The van der Waals surface area contributed by atoms with Crippen LogP contribution in [0.5, 0.6) is 0 Å². The maximum absolute atomic E-state index is 13.1. The second kappa shape index (κ2) is 4.23. The van der Waals surface area contributed by atoms with E-state index in [1.807, 2.05) is 0 Å². The summed E-state index contributed by atoms with van der Waals surface area (Å²) in [5.41, 5.74) is 7.83. The number of aromatic nitrogens is 1. The van der Waals surface area contributed by atoms with E-state index in [4.69, 9.17) is 17.3 Å². The van der Waals surface area contributed by atoms with Crippen molar-refractivity contribution < 1.29 is 4.39 Å². The molecule has 2 aromatic carbocycles. The molecule has 18 heavy (non-hydrogen) atoms. The van der Waals surface area contributed by atoms with E-state index in [2.05, 4.69) is 4.98 Å². The van der Waals surface area contributed by atoms with E-state index < -0.39 is 0 Å². The lowest BCUT2D eigenvalue weighted by Gasteiger charge is -1.99. The minimum atomic E-state index is -0.287. The maximum Gasteiger partial charge on any atom is 0.125 e. The summed E-state index contributed by atoms with van der Waals surface area (Å²) in [6, 6.07) is 9.85. The third kappa shape index (κ3) is 2.05. The van der Waals surface area contributed by atoms with Crippen molar-refractivity contribution in [3.8, 4) is 10.6 Å². The molecule has 1 aromatic heterocycles. The number of anilines is 1. The normalized spacial score (nSPS) is 11.0. The van der Waals surface area contributed by atoms with Gasteiger partial charge in [-0.15, -0.1) is 11.3 Å². The van der Waals surface area contributed by atoms with Crippen LogP contribution >= 0.6 is 22.9 Å². The van der Waals surface area contributed by atoms with Gasteiger partial charge in [0.2, 0.25) is 0 Å². The highest BCUT2D eigenvalue weighted by molar-refractivity contribution is 7.21. The van der Waals surface area contributed by atoms with Gasteiger partial charge in [-0.2, -0.15) is 0 Å². The molecule has 0 unspecified atom stereocenters. The third-order valence-electron chi connectivity index (χ3n) is 2.52. The van der Waals surface area contributed by atoms with Crippen LogP contribution in [0.2, 0.25) is 5.02 Å². The fourth-order valence-electron chi connectivity index (χ4n) is 1.76. The van der Waals surface area contributed by atoms with Gasteiger partial charge in [-0.1, -0.05) is 11.6 Å². The van der Waals surface area contributed by atoms with E-state index in [0.717, 1.165) is 15.3 Å². The molecule has 1 heterocycles. The highest BCUT2D eigenvalue weighted by atomic mass is 35.5. The summed E-state index contributed by atoms with van der Waals surface area (Å²) in [6.45, 7) is 0. The van der Waals surface area contributed by atoms with Gasteiger partial charge in [0, 0.05) is 22.3 Å². The van der Waals surface area contributed by atoms with Crippen LogP contribution in [0.4, 0.5) is 10.1 Å². The van der Waals surface area contributed by atoms with Crippen molar-refractivity contribution in [2.24, 2.45) is 0 Å². The lowest BCUT2D eigenvalue weighted by atomic mass is 10.2. The first kappa shape index (κ1) is 11.4. The molecule has 2 N–H and O–H groups in total. The molecule has 3 rings (SSSR count). The van der Waals surface area contributed by atoms with E-state index in [1.165, 1.54) is 23.5 Å². The lowest BCUT2D eigenvalue weighted by Crippen LogP contribution is -1.85. The number of nitrogen functional groups attached to an aromatic ring is 1. The highest BCUT2D eigenvalue weighted by Crippen LogP contribution is 2.32. The number of hydrogen-bond acceptors (Lipinski definition) is 3. The van der Waals surface area contributed by atoms with Crippen molar-refractivity contribution in [2.45, 2.75) is 0 Å². The summed E-state index contributed by atoms with van der Waals surface area (Å²) in [5.74, 6) is -0.287. The predicted octanol–water partition coefficient (Wildman–Crippen LogP) is 4.34. The van der Waals surface area contributed by atoms with Crippen LogP contribution in [0.1, 0.15) is 0 Å². The van der Waals surface area contributed by atoms with E-state index in [9.17, 15) is 4.39 Å². The SMILES string of the molecule is Nc1cc(Cl)cc(-c2nc3cc(F)ccc3s2)c1. The minimum absolute atomic E-state index is 0.287. The second-order valence-corrected chi connectivity index (χ2v) is 5.37. The van der Waals surface area contributed by atoms with Gasteiger partial charge < -0.3 is 5.73 Å². The predicted molar refractivity (Wildman–Crippen MR) is 74.4 cm³/mol. The smallest absolute Gasteiger partial charge is 0.125 e. The molecule has 0 spiro atoms. The molecule has 5 heteroatoms. The zero-order chi connectivity index (χ0) is 12.7. The first-order valence-electron chi connectivity index (χ1n) is 5.24. The van der Waals surface area contributed by atoms with Gasteiger partial charge >= 0.3 is 0 Å². The molecule has 90 valence electrons. The number of hydrogen-bond donors (Lipinski definition) is 1. The topological polar surface area (TPSA) is 38.9 Å². The van der Waals surface area contributed by atoms with Gasteiger partial charge in [0.05, 0.1) is 10.2 Å². The number of nitrogens with two attached hydrogens (primary N) is 1. The molecular weight excluding hydrogens is 271 g/mol.